The number of carbonyl (C=O) groups excluding carboxylic acids is 3. The Morgan fingerprint density at radius 2 is 1.96 bits per heavy atom. The molecule has 0 spiro atoms. The summed E-state index contributed by atoms with van der Waals surface area (Å²) in [5.74, 6) is -2.27. The topological polar surface area (TPSA) is 119 Å². The van der Waals surface area contributed by atoms with E-state index in [1.165, 1.54) is 13.0 Å². The number of esters is 1. The van der Waals surface area contributed by atoms with Gasteiger partial charge in [-0.05, 0) is 32.4 Å². The molecule has 2 amide bonds. The second kappa shape index (κ2) is 10.6. The van der Waals surface area contributed by atoms with Gasteiger partial charge in [0.1, 0.15) is 15.9 Å². The molecule has 1 aromatic rings. The van der Waals surface area contributed by atoms with Gasteiger partial charge in [-0.25, -0.2) is 13.2 Å². The molecule has 0 bridgehead atoms. The SMILES string of the molecule is C=CCNC(=O)[C@H](C)OC(=O)[C@H](CCS(C)(=O)=O)NC(=O)c1cccc(C)c1. The Kier molecular flexibility index (Phi) is 8.84. The van der Waals surface area contributed by atoms with Gasteiger partial charge in [-0.3, -0.25) is 9.59 Å². The number of benzene rings is 1. The van der Waals surface area contributed by atoms with E-state index in [4.69, 9.17) is 4.74 Å². The summed E-state index contributed by atoms with van der Waals surface area (Å²) in [4.78, 5) is 36.7. The van der Waals surface area contributed by atoms with Crippen molar-refractivity contribution in [1.82, 2.24) is 10.6 Å². The summed E-state index contributed by atoms with van der Waals surface area (Å²) in [5.41, 5.74) is 1.18. The highest BCUT2D eigenvalue weighted by Crippen LogP contribution is 2.07. The second-order valence-electron chi connectivity index (χ2n) is 6.43. The standard InChI is InChI=1S/C19H26N2O6S/c1-5-10-20-17(22)14(3)27-19(24)16(9-11-28(4,25)26)21-18(23)15-8-6-7-13(2)12-15/h5-8,12,14,16H,1,9-11H2,2-4H3,(H,20,22)(H,21,23)/t14-,16-/m0/s1. The van der Waals surface area contributed by atoms with Crippen LogP contribution in [0.3, 0.4) is 0 Å². The molecule has 2 atom stereocenters. The van der Waals surface area contributed by atoms with E-state index in [0.717, 1.165) is 11.8 Å². The van der Waals surface area contributed by atoms with Crippen LogP contribution >= 0.6 is 0 Å². The van der Waals surface area contributed by atoms with Crippen LogP contribution in [0.5, 0.6) is 0 Å². The van der Waals surface area contributed by atoms with Crippen LogP contribution in [0, 0.1) is 6.92 Å². The van der Waals surface area contributed by atoms with Crippen molar-refractivity contribution in [3.63, 3.8) is 0 Å². The fraction of sp³-hybridized carbons (Fsp3) is 0.421. The van der Waals surface area contributed by atoms with Gasteiger partial charge < -0.3 is 15.4 Å². The van der Waals surface area contributed by atoms with Gasteiger partial charge in [0.05, 0.1) is 5.75 Å². The fourth-order valence-corrected chi connectivity index (χ4v) is 2.90. The summed E-state index contributed by atoms with van der Waals surface area (Å²) >= 11 is 0. The number of aryl methyl sites for hydroxylation is 1. The highest BCUT2D eigenvalue weighted by molar-refractivity contribution is 7.90. The lowest BCUT2D eigenvalue weighted by Gasteiger charge is -2.20. The van der Waals surface area contributed by atoms with E-state index in [2.05, 4.69) is 17.2 Å². The van der Waals surface area contributed by atoms with Crippen molar-refractivity contribution in [2.75, 3.05) is 18.6 Å². The normalized spacial score (nSPS) is 13.1. The van der Waals surface area contributed by atoms with E-state index in [0.29, 0.717) is 5.56 Å². The summed E-state index contributed by atoms with van der Waals surface area (Å²) < 4.78 is 28.0. The second-order valence-corrected chi connectivity index (χ2v) is 8.69. The highest BCUT2D eigenvalue weighted by Gasteiger charge is 2.27. The first-order valence-electron chi connectivity index (χ1n) is 8.68. The maximum Gasteiger partial charge on any atom is 0.329 e. The average molecular weight is 410 g/mol. The van der Waals surface area contributed by atoms with Crippen LogP contribution in [0.4, 0.5) is 0 Å². The van der Waals surface area contributed by atoms with Crippen LogP contribution in [-0.2, 0) is 24.2 Å². The van der Waals surface area contributed by atoms with Gasteiger partial charge in [-0.1, -0.05) is 23.8 Å². The van der Waals surface area contributed by atoms with Crippen molar-refractivity contribution in [2.45, 2.75) is 32.4 Å². The van der Waals surface area contributed by atoms with Gasteiger partial charge in [0, 0.05) is 18.4 Å². The molecule has 0 fully saturated rings. The van der Waals surface area contributed by atoms with Gasteiger partial charge in [0.15, 0.2) is 6.10 Å². The van der Waals surface area contributed by atoms with Gasteiger partial charge in [-0.15, -0.1) is 6.58 Å². The predicted octanol–water partition coefficient (Wildman–Crippen LogP) is 0.762. The number of carbonyl (C=O) groups is 3. The van der Waals surface area contributed by atoms with E-state index in [-0.39, 0.29) is 18.7 Å². The van der Waals surface area contributed by atoms with Crippen molar-refractivity contribution >= 4 is 27.6 Å². The van der Waals surface area contributed by atoms with Gasteiger partial charge in [-0.2, -0.15) is 0 Å². The number of amides is 2. The van der Waals surface area contributed by atoms with Gasteiger partial charge in [0.2, 0.25) is 0 Å². The number of sulfone groups is 1. The number of nitrogens with one attached hydrogen (secondary N) is 2. The molecule has 0 aromatic heterocycles. The van der Waals surface area contributed by atoms with Crippen molar-refractivity contribution in [1.29, 1.82) is 0 Å². The van der Waals surface area contributed by atoms with Crippen LogP contribution in [0.1, 0.15) is 29.3 Å². The Labute approximate surface area is 165 Å². The molecule has 1 rings (SSSR count). The van der Waals surface area contributed by atoms with E-state index in [1.54, 1.807) is 18.2 Å². The third-order valence-electron chi connectivity index (χ3n) is 3.73. The van der Waals surface area contributed by atoms with Crippen molar-refractivity contribution < 1.29 is 27.5 Å². The average Bonchev–Trinajstić information content (AvgIpc) is 2.61. The minimum Gasteiger partial charge on any atom is -0.451 e. The summed E-state index contributed by atoms with van der Waals surface area (Å²) in [6.07, 6.45) is 1.23. The fourth-order valence-electron chi connectivity index (χ4n) is 2.24. The molecule has 0 radical (unpaired) electrons. The molecular formula is C19H26N2O6S. The minimum absolute atomic E-state index is 0.170. The first-order valence-corrected chi connectivity index (χ1v) is 10.7. The Hall–Kier alpha value is -2.68. The lowest BCUT2D eigenvalue weighted by atomic mass is 10.1. The number of rotatable bonds is 10. The van der Waals surface area contributed by atoms with Gasteiger partial charge >= 0.3 is 5.97 Å². The lowest BCUT2D eigenvalue weighted by Crippen LogP contribution is -2.45. The summed E-state index contributed by atoms with van der Waals surface area (Å²) in [6.45, 7) is 6.88. The molecule has 0 heterocycles. The molecule has 0 saturated heterocycles. The molecule has 0 saturated carbocycles. The van der Waals surface area contributed by atoms with E-state index in [9.17, 15) is 22.8 Å². The van der Waals surface area contributed by atoms with Gasteiger partial charge in [0.25, 0.3) is 11.8 Å². The monoisotopic (exact) mass is 410 g/mol. The largest absolute Gasteiger partial charge is 0.451 e. The zero-order valence-electron chi connectivity index (χ0n) is 16.2. The molecule has 28 heavy (non-hydrogen) atoms. The first kappa shape index (κ1) is 23.4. The first-order chi connectivity index (χ1) is 13.0. The van der Waals surface area contributed by atoms with Crippen LogP contribution in [0.25, 0.3) is 0 Å². The Morgan fingerprint density at radius 3 is 2.54 bits per heavy atom. The third-order valence-corrected chi connectivity index (χ3v) is 4.71. The number of hydrogen-bond donors (Lipinski definition) is 2. The van der Waals surface area contributed by atoms with Crippen molar-refractivity contribution in [2.24, 2.45) is 0 Å². The van der Waals surface area contributed by atoms with Crippen LogP contribution in [0.2, 0.25) is 0 Å². The molecule has 0 unspecified atom stereocenters. The van der Waals surface area contributed by atoms with Crippen LogP contribution < -0.4 is 10.6 Å². The summed E-state index contributed by atoms with van der Waals surface area (Å²) in [6, 6.07) is 5.51. The predicted molar refractivity (Wildman–Crippen MR) is 106 cm³/mol. The minimum atomic E-state index is -3.37. The molecule has 2 N–H and O–H groups in total. The Morgan fingerprint density at radius 1 is 1.29 bits per heavy atom. The number of ether oxygens (including phenoxy) is 1. The van der Waals surface area contributed by atoms with E-state index >= 15 is 0 Å². The summed E-state index contributed by atoms with van der Waals surface area (Å²) in [5, 5.41) is 4.98. The Bertz CT molecular complexity index is 835. The molecule has 8 nitrogen and oxygen atoms in total. The molecule has 0 aliphatic rings. The number of hydrogen-bond acceptors (Lipinski definition) is 6. The maximum atomic E-state index is 12.5. The Balaban J connectivity index is 2.88. The van der Waals surface area contributed by atoms with Crippen molar-refractivity contribution in [3.8, 4) is 0 Å². The molecular weight excluding hydrogens is 384 g/mol. The summed E-state index contributed by atoms with van der Waals surface area (Å²) in [7, 11) is -3.37. The van der Waals surface area contributed by atoms with E-state index < -0.39 is 39.8 Å². The quantitative estimate of drug-likeness (QED) is 0.434. The highest BCUT2D eigenvalue weighted by atomic mass is 32.2. The third kappa shape index (κ3) is 8.34. The zero-order chi connectivity index (χ0) is 21.3. The van der Waals surface area contributed by atoms with E-state index in [1.807, 2.05) is 13.0 Å². The zero-order valence-corrected chi connectivity index (χ0v) is 17.0. The smallest absolute Gasteiger partial charge is 0.329 e. The maximum absolute atomic E-state index is 12.5. The molecule has 0 aliphatic heterocycles. The van der Waals surface area contributed by atoms with Crippen molar-refractivity contribution in [3.05, 3.63) is 48.0 Å². The molecule has 154 valence electrons. The molecule has 0 aliphatic carbocycles. The lowest BCUT2D eigenvalue weighted by molar-refractivity contribution is -0.156. The van der Waals surface area contributed by atoms with Crippen LogP contribution in [-0.4, -0.2) is 56.9 Å². The molecule has 9 heteroatoms. The molecule has 1 aromatic carbocycles. The van der Waals surface area contributed by atoms with Crippen LogP contribution in [0.15, 0.2) is 36.9 Å².